The normalized spacial score (nSPS) is 14.4. The van der Waals surface area contributed by atoms with Gasteiger partial charge in [-0.05, 0) is 48.2 Å². The van der Waals surface area contributed by atoms with Crippen molar-refractivity contribution in [3.63, 3.8) is 0 Å². The zero-order valence-electron chi connectivity index (χ0n) is 15.9. The molecule has 0 saturated heterocycles. The number of methoxy groups -OCH3 is 1. The minimum absolute atomic E-state index is 0.0181. The van der Waals surface area contributed by atoms with Crippen LogP contribution in [-0.2, 0) is 27.3 Å². The highest BCUT2D eigenvalue weighted by atomic mass is 16.5. The summed E-state index contributed by atoms with van der Waals surface area (Å²) >= 11 is 0. The molecule has 1 N–H and O–H groups in total. The van der Waals surface area contributed by atoms with E-state index in [-0.39, 0.29) is 11.7 Å². The van der Waals surface area contributed by atoms with Gasteiger partial charge in [0.25, 0.3) is 5.91 Å². The van der Waals surface area contributed by atoms with Crippen LogP contribution in [-0.4, -0.2) is 41.6 Å². The maximum atomic E-state index is 12.6. The van der Waals surface area contributed by atoms with E-state index in [2.05, 4.69) is 6.07 Å². The summed E-state index contributed by atoms with van der Waals surface area (Å²) < 4.78 is 10.3. The van der Waals surface area contributed by atoms with E-state index in [1.165, 1.54) is 24.8 Å². The van der Waals surface area contributed by atoms with Gasteiger partial charge >= 0.3 is 5.97 Å². The molecule has 1 atom stereocenters. The van der Waals surface area contributed by atoms with Gasteiger partial charge in [0.2, 0.25) is 0 Å². The number of fused-ring (bicyclic) bond motifs is 1. The van der Waals surface area contributed by atoms with E-state index < -0.39 is 12.1 Å². The molecule has 0 radical (unpaired) electrons. The second-order valence-corrected chi connectivity index (χ2v) is 6.62. The lowest BCUT2D eigenvalue weighted by Gasteiger charge is -2.30. The molecule has 0 bridgehead atoms. The maximum Gasteiger partial charge on any atom is 0.331 e. The molecule has 1 aliphatic rings. The van der Waals surface area contributed by atoms with E-state index in [0.717, 1.165) is 12.0 Å². The Morgan fingerprint density at radius 1 is 1.18 bits per heavy atom. The summed E-state index contributed by atoms with van der Waals surface area (Å²) in [5.41, 5.74) is 3.04. The summed E-state index contributed by atoms with van der Waals surface area (Å²) in [7, 11) is 1.45. The fourth-order valence-electron chi connectivity index (χ4n) is 3.17. The predicted octanol–water partition coefficient (Wildman–Crippen LogP) is 2.93. The molecule has 2 aromatic rings. The van der Waals surface area contributed by atoms with Gasteiger partial charge < -0.3 is 19.5 Å². The van der Waals surface area contributed by atoms with Gasteiger partial charge in [0, 0.05) is 19.2 Å². The number of benzene rings is 2. The first-order valence-corrected chi connectivity index (χ1v) is 9.09. The Labute approximate surface area is 164 Å². The Balaban J connectivity index is 1.57. The van der Waals surface area contributed by atoms with Crippen LogP contribution in [0.4, 0.5) is 0 Å². The molecule has 1 aliphatic heterocycles. The molecule has 6 nitrogen and oxygen atoms in total. The highest BCUT2D eigenvalue weighted by molar-refractivity contribution is 5.90. The van der Waals surface area contributed by atoms with Crippen molar-refractivity contribution < 1.29 is 24.2 Å². The molecule has 0 unspecified atom stereocenters. The number of carbonyl (C=O) groups excluding carboxylic acids is 2. The number of phenolic OH excluding ortho intramolecular Hbond substituents is 1. The third kappa shape index (κ3) is 4.52. The average Bonchev–Trinajstić information content (AvgIpc) is 2.72. The third-order valence-electron chi connectivity index (χ3n) is 4.70. The summed E-state index contributed by atoms with van der Waals surface area (Å²) in [4.78, 5) is 26.4. The van der Waals surface area contributed by atoms with Crippen molar-refractivity contribution in [1.82, 2.24) is 4.90 Å². The van der Waals surface area contributed by atoms with Crippen LogP contribution in [0.5, 0.6) is 11.5 Å². The molecule has 28 heavy (non-hydrogen) atoms. The molecule has 146 valence electrons. The Morgan fingerprint density at radius 2 is 1.93 bits per heavy atom. The molecule has 1 heterocycles. The van der Waals surface area contributed by atoms with Crippen LogP contribution in [0.25, 0.3) is 6.08 Å². The smallest absolute Gasteiger partial charge is 0.331 e. The molecular weight excluding hydrogens is 358 g/mol. The SMILES string of the molecule is COc1cc(/C=C/C(=O)O[C@H](C)C(=O)N2CCc3ccccc3C2)ccc1O. The van der Waals surface area contributed by atoms with Crippen molar-refractivity contribution in [1.29, 1.82) is 0 Å². The standard InChI is InChI=1S/C22H23NO5/c1-15(22(26)23-12-11-17-5-3-4-6-18(17)14-23)28-21(25)10-8-16-7-9-19(24)20(13-16)27-2/h3-10,13,15,24H,11-12,14H2,1-2H3/b10-8+/t15-/m1/s1. The first kappa shape index (κ1) is 19.5. The van der Waals surface area contributed by atoms with Gasteiger partial charge in [-0.25, -0.2) is 4.79 Å². The fraction of sp³-hybridized carbons (Fsp3) is 0.273. The van der Waals surface area contributed by atoms with Crippen molar-refractivity contribution in [3.8, 4) is 11.5 Å². The zero-order valence-corrected chi connectivity index (χ0v) is 15.9. The summed E-state index contributed by atoms with van der Waals surface area (Å²) in [5.74, 6) is -0.484. The Morgan fingerprint density at radius 3 is 2.68 bits per heavy atom. The van der Waals surface area contributed by atoms with Crippen LogP contribution in [0.15, 0.2) is 48.5 Å². The summed E-state index contributed by atoms with van der Waals surface area (Å²) in [6.07, 6.45) is 2.72. The number of aromatic hydroxyl groups is 1. The van der Waals surface area contributed by atoms with E-state index in [0.29, 0.717) is 24.4 Å². The maximum absolute atomic E-state index is 12.6. The number of nitrogens with zero attached hydrogens (tertiary/aromatic N) is 1. The van der Waals surface area contributed by atoms with E-state index in [1.54, 1.807) is 30.0 Å². The van der Waals surface area contributed by atoms with Gasteiger partial charge in [0.1, 0.15) is 0 Å². The van der Waals surface area contributed by atoms with Gasteiger partial charge in [0.05, 0.1) is 7.11 Å². The van der Waals surface area contributed by atoms with Gasteiger partial charge in [-0.3, -0.25) is 4.79 Å². The summed E-state index contributed by atoms with van der Waals surface area (Å²) in [6.45, 7) is 2.72. The fourth-order valence-corrected chi connectivity index (χ4v) is 3.17. The highest BCUT2D eigenvalue weighted by Crippen LogP contribution is 2.26. The van der Waals surface area contributed by atoms with Crippen molar-refractivity contribution >= 4 is 18.0 Å². The van der Waals surface area contributed by atoms with Crippen molar-refractivity contribution in [2.24, 2.45) is 0 Å². The van der Waals surface area contributed by atoms with Crippen LogP contribution in [0.1, 0.15) is 23.6 Å². The lowest BCUT2D eigenvalue weighted by atomic mass is 9.99. The second kappa shape index (κ2) is 8.61. The van der Waals surface area contributed by atoms with Gasteiger partial charge in [-0.15, -0.1) is 0 Å². The highest BCUT2D eigenvalue weighted by Gasteiger charge is 2.26. The predicted molar refractivity (Wildman–Crippen MR) is 105 cm³/mol. The van der Waals surface area contributed by atoms with Crippen LogP contribution >= 0.6 is 0 Å². The second-order valence-electron chi connectivity index (χ2n) is 6.62. The summed E-state index contributed by atoms with van der Waals surface area (Å²) in [5, 5.41) is 9.59. The van der Waals surface area contributed by atoms with Gasteiger partial charge in [0.15, 0.2) is 17.6 Å². The molecule has 3 rings (SSSR count). The first-order valence-electron chi connectivity index (χ1n) is 9.09. The molecule has 0 aromatic heterocycles. The quantitative estimate of drug-likeness (QED) is 0.637. The molecule has 6 heteroatoms. The average molecular weight is 381 g/mol. The molecule has 0 fully saturated rings. The zero-order chi connectivity index (χ0) is 20.1. The molecule has 1 amide bonds. The number of esters is 1. The van der Waals surface area contributed by atoms with Crippen molar-refractivity contribution in [2.45, 2.75) is 26.0 Å². The van der Waals surface area contributed by atoms with Crippen LogP contribution < -0.4 is 4.74 Å². The lowest BCUT2D eigenvalue weighted by molar-refractivity contribution is -0.155. The van der Waals surface area contributed by atoms with E-state index in [9.17, 15) is 14.7 Å². The molecule has 0 spiro atoms. The Bertz CT molecular complexity index is 906. The first-order chi connectivity index (χ1) is 13.5. The van der Waals surface area contributed by atoms with Crippen LogP contribution in [0.2, 0.25) is 0 Å². The lowest BCUT2D eigenvalue weighted by Crippen LogP contribution is -2.42. The molecule has 2 aromatic carbocycles. The van der Waals surface area contributed by atoms with E-state index in [1.807, 2.05) is 18.2 Å². The van der Waals surface area contributed by atoms with Gasteiger partial charge in [-0.1, -0.05) is 30.3 Å². The Hall–Kier alpha value is -3.28. The van der Waals surface area contributed by atoms with E-state index in [4.69, 9.17) is 9.47 Å². The monoisotopic (exact) mass is 381 g/mol. The third-order valence-corrected chi connectivity index (χ3v) is 4.70. The number of ether oxygens (including phenoxy) is 2. The Kier molecular flexibility index (Phi) is 5.99. The number of hydrogen-bond donors (Lipinski definition) is 1. The van der Waals surface area contributed by atoms with Crippen molar-refractivity contribution in [2.75, 3.05) is 13.7 Å². The minimum Gasteiger partial charge on any atom is -0.504 e. The van der Waals surface area contributed by atoms with Crippen LogP contribution in [0, 0.1) is 0 Å². The number of rotatable bonds is 5. The van der Waals surface area contributed by atoms with Crippen LogP contribution in [0.3, 0.4) is 0 Å². The number of phenols is 1. The molecular formula is C22H23NO5. The van der Waals surface area contributed by atoms with Gasteiger partial charge in [-0.2, -0.15) is 0 Å². The minimum atomic E-state index is -0.864. The largest absolute Gasteiger partial charge is 0.504 e. The topological polar surface area (TPSA) is 76.1 Å². The number of amides is 1. The molecule has 0 saturated carbocycles. The number of carbonyl (C=O) groups is 2. The van der Waals surface area contributed by atoms with Crippen molar-refractivity contribution in [3.05, 3.63) is 65.2 Å². The molecule has 0 aliphatic carbocycles. The summed E-state index contributed by atoms with van der Waals surface area (Å²) in [6, 6.07) is 12.8. The number of hydrogen-bond acceptors (Lipinski definition) is 5. The van der Waals surface area contributed by atoms with E-state index >= 15 is 0 Å².